The van der Waals surface area contributed by atoms with E-state index in [0.717, 1.165) is 44.2 Å². The Morgan fingerprint density at radius 1 is 0.340 bits per heavy atom. The lowest BCUT2D eigenvalue weighted by molar-refractivity contribution is 1.08. The second-order valence-corrected chi connectivity index (χ2v) is 14.4. The predicted molar refractivity (Wildman–Crippen MR) is 222 cm³/mol. The molecule has 0 unspecified atom stereocenters. The Balaban J connectivity index is 1.21. The number of fused-ring (bicyclic) bond motifs is 11. The third kappa shape index (κ3) is 4.75. The molecule has 0 fully saturated rings. The molecule has 0 radical (unpaired) electrons. The first-order chi connectivity index (χ1) is 26.3. The summed E-state index contributed by atoms with van der Waals surface area (Å²) in [5, 5.41) is 10.9. The van der Waals surface area contributed by atoms with Crippen LogP contribution >= 0.6 is 11.3 Å². The lowest BCUT2D eigenvalue weighted by Gasteiger charge is -2.14. The van der Waals surface area contributed by atoms with Gasteiger partial charge in [0.05, 0.1) is 11.2 Å². The summed E-state index contributed by atoms with van der Waals surface area (Å²) in [6.07, 6.45) is 0. The van der Waals surface area contributed by atoms with Gasteiger partial charge < -0.3 is 0 Å². The van der Waals surface area contributed by atoms with Gasteiger partial charge >= 0.3 is 0 Å². The predicted octanol–water partition coefficient (Wildman–Crippen LogP) is 12.9. The lowest BCUT2D eigenvalue weighted by atomic mass is 9.92. The lowest BCUT2D eigenvalue weighted by Crippen LogP contribution is -2.01. The number of thiophene rings is 1. The summed E-state index contributed by atoms with van der Waals surface area (Å²) in [7, 11) is 0. The highest BCUT2D eigenvalue weighted by atomic mass is 32.1. The van der Waals surface area contributed by atoms with Crippen molar-refractivity contribution in [3.63, 3.8) is 0 Å². The zero-order valence-electron chi connectivity index (χ0n) is 28.4. The summed E-state index contributed by atoms with van der Waals surface area (Å²) in [5.41, 5.74) is 5.80. The van der Waals surface area contributed by atoms with Gasteiger partial charge in [0.25, 0.3) is 0 Å². The number of hydrogen-bond donors (Lipinski definition) is 0. The molecule has 4 nitrogen and oxygen atoms in total. The number of hydrogen-bond acceptors (Lipinski definition) is 5. The molecule has 3 heterocycles. The SMILES string of the molecule is c1ccc(-c2nc(-c3ccccc3)nc(-c3cccc4nc(-c5ccc6c7ccccc7c7ccccc7c6c5)c5c6ccccc6sc5c34)n2)cc1. The van der Waals surface area contributed by atoms with E-state index in [1.54, 1.807) is 11.3 Å². The summed E-state index contributed by atoms with van der Waals surface area (Å²) >= 11 is 1.81. The molecule has 11 aromatic rings. The molecule has 0 bridgehead atoms. The molecule has 0 saturated carbocycles. The van der Waals surface area contributed by atoms with E-state index in [9.17, 15) is 0 Å². The van der Waals surface area contributed by atoms with Crippen LogP contribution in [-0.4, -0.2) is 19.9 Å². The molecule has 11 rings (SSSR count). The van der Waals surface area contributed by atoms with E-state index in [1.807, 2.05) is 60.7 Å². The molecule has 5 heteroatoms. The van der Waals surface area contributed by atoms with Crippen LogP contribution in [-0.2, 0) is 0 Å². The second kappa shape index (κ2) is 11.9. The molecular formula is C48H28N4S. The summed E-state index contributed by atoms with van der Waals surface area (Å²) in [6.45, 7) is 0. The van der Waals surface area contributed by atoms with Gasteiger partial charge in [-0.25, -0.2) is 19.9 Å². The molecule has 0 aliphatic heterocycles. The zero-order chi connectivity index (χ0) is 34.9. The second-order valence-electron chi connectivity index (χ2n) is 13.4. The van der Waals surface area contributed by atoms with E-state index in [4.69, 9.17) is 19.9 Å². The third-order valence-corrected chi connectivity index (χ3v) is 11.5. The molecule has 0 atom stereocenters. The van der Waals surface area contributed by atoms with Gasteiger partial charge in [0, 0.05) is 47.8 Å². The van der Waals surface area contributed by atoms with E-state index in [1.165, 1.54) is 47.1 Å². The van der Waals surface area contributed by atoms with Gasteiger partial charge in [0.15, 0.2) is 17.5 Å². The van der Waals surface area contributed by atoms with Gasteiger partial charge in [-0.3, -0.25) is 0 Å². The van der Waals surface area contributed by atoms with Crippen LogP contribution in [0.3, 0.4) is 0 Å². The first kappa shape index (κ1) is 29.9. The molecular weight excluding hydrogens is 665 g/mol. The van der Waals surface area contributed by atoms with Gasteiger partial charge in [-0.2, -0.15) is 0 Å². The average molecular weight is 693 g/mol. The van der Waals surface area contributed by atoms with Crippen molar-refractivity contribution < 1.29 is 0 Å². The minimum Gasteiger partial charge on any atom is -0.247 e. The number of aromatic nitrogens is 4. The minimum absolute atomic E-state index is 0.626. The van der Waals surface area contributed by atoms with Crippen molar-refractivity contribution in [1.82, 2.24) is 19.9 Å². The maximum absolute atomic E-state index is 5.53. The van der Waals surface area contributed by atoms with Crippen molar-refractivity contribution in [2.75, 3.05) is 0 Å². The quantitative estimate of drug-likeness (QED) is 0.172. The highest BCUT2D eigenvalue weighted by Crippen LogP contribution is 2.46. The smallest absolute Gasteiger partial charge is 0.164 e. The number of pyridine rings is 1. The van der Waals surface area contributed by atoms with Gasteiger partial charge in [-0.05, 0) is 50.5 Å². The van der Waals surface area contributed by atoms with E-state index < -0.39 is 0 Å². The summed E-state index contributed by atoms with van der Waals surface area (Å²) in [4.78, 5) is 20.8. The molecule has 246 valence electrons. The van der Waals surface area contributed by atoms with Crippen molar-refractivity contribution in [3.8, 4) is 45.4 Å². The standard InChI is InChI=1S/C48H28N4S/c1-3-14-29(15-4-1)46-50-47(30-16-5-2-6-17-30)52-48(51-46)38-23-13-24-40-42(38)45-43(37-22-11-12-25-41(37)53-45)44(49-40)31-26-27-36-34-20-8-7-18-32(34)33-19-9-10-21-35(33)39(36)28-31/h1-28H. The molecule has 0 amide bonds. The van der Waals surface area contributed by atoms with Gasteiger partial charge in [0.2, 0.25) is 0 Å². The molecule has 0 aliphatic rings. The van der Waals surface area contributed by atoms with Gasteiger partial charge in [-0.15, -0.1) is 11.3 Å². The van der Waals surface area contributed by atoms with Crippen LogP contribution < -0.4 is 0 Å². The van der Waals surface area contributed by atoms with Crippen LogP contribution in [0.1, 0.15) is 0 Å². The molecule has 0 aliphatic carbocycles. The van der Waals surface area contributed by atoms with Crippen molar-refractivity contribution in [2.45, 2.75) is 0 Å². The summed E-state index contributed by atoms with van der Waals surface area (Å²) < 4.78 is 2.39. The Morgan fingerprint density at radius 2 is 0.868 bits per heavy atom. The van der Waals surface area contributed by atoms with Crippen molar-refractivity contribution in [3.05, 3.63) is 170 Å². The van der Waals surface area contributed by atoms with Gasteiger partial charge in [-0.1, -0.05) is 152 Å². The molecule has 0 spiro atoms. The fourth-order valence-electron chi connectivity index (χ4n) is 7.88. The van der Waals surface area contributed by atoms with E-state index in [0.29, 0.717) is 17.5 Å². The van der Waals surface area contributed by atoms with E-state index in [-0.39, 0.29) is 0 Å². The number of nitrogens with zero attached hydrogens (tertiary/aromatic N) is 4. The zero-order valence-corrected chi connectivity index (χ0v) is 29.2. The van der Waals surface area contributed by atoms with Crippen LogP contribution in [0.5, 0.6) is 0 Å². The maximum Gasteiger partial charge on any atom is 0.164 e. The van der Waals surface area contributed by atoms with Crippen molar-refractivity contribution in [2.24, 2.45) is 0 Å². The van der Waals surface area contributed by atoms with Crippen LogP contribution in [0, 0.1) is 0 Å². The van der Waals surface area contributed by atoms with Crippen LogP contribution in [0.25, 0.3) is 109 Å². The normalized spacial score (nSPS) is 11.8. The fourth-order valence-corrected chi connectivity index (χ4v) is 9.16. The third-order valence-electron chi connectivity index (χ3n) is 10.3. The summed E-state index contributed by atoms with van der Waals surface area (Å²) in [5.74, 6) is 1.90. The molecule has 0 saturated heterocycles. The largest absolute Gasteiger partial charge is 0.247 e. The van der Waals surface area contributed by atoms with E-state index in [2.05, 4.69) is 109 Å². The highest BCUT2D eigenvalue weighted by molar-refractivity contribution is 7.26. The highest BCUT2D eigenvalue weighted by Gasteiger charge is 2.22. The van der Waals surface area contributed by atoms with Gasteiger partial charge in [0.1, 0.15) is 0 Å². The fraction of sp³-hybridized carbons (Fsp3) is 0. The van der Waals surface area contributed by atoms with Crippen molar-refractivity contribution in [1.29, 1.82) is 0 Å². The first-order valence-corrected chi connectivity index (χ1v) is 18.5. The number of rotatable bonds is 4. The summed E-state index contributed by atoms with van der Waals surface area (Å²) in [6, 6.07) is 59.6. The Bertz CT molecular complexity index is 3130. The molecule has 53 heavy (non-hydrogen) atoms. The topological polar surface area (TPSA) is 51.6 Å². The maximum atomic E-state index is 5.53. The molecule has 8 aromatic carbocycles. The Hall–Kier alpha value is -6.82. The Labute approximate surface area is 308 Å². The molecule has 0 N–H and O–H groups in total. The average Bonchev–Trinajstić information content (AvgIpc) is 3.63. The number of benzene rings is 8. The first-order valence-electron chi connectivity index (χ1n) is 17.7. The van der Waals surface area contributed by atoms with Crippen LogP contribution in [0.2, 0.25) is 0 Å². The Morgan fingerprint density at radius 3 is 1.51 bits per heavy atom. The minimum atomic E-state index is 0.626. The van der Waals surface area contributed by atoms with Crippen LogP contribution in [0.4, 0.5) is 0 Å². The molecule has 3 aromatic heterocycles. The monoisotopic (exact) mass is 692 g/mol. The van der Waals surface area contributed by atoms with Crippen LogP contribution in [0.15, 0.2) is 170 Å². The van der Waals surface area contributed by atoms with E-state index >= 15 is 0 Å². The van der Waals surface area contributed by atoms with Crippen molar-refractivity contribution >= 4 is 74.7 Å². The Kier molecular flexibility index (Phi) is 6.69.